The summed E-state index contributed by atoms with van der Waals surface area (Å²) in [7, 11) is 2.09. The largest absolute Gasteiger partial charge is 0.335 e. The lowest BCUT2D eigenvalue weighted by Crippen LogP contribution is -1.99. The molecule has 0 aliphatic carbocycles. The molecule has 0 amide bonds. The van der Waals surface area contributed by atoms with E-state index >= 15 is 0 Å². The van der Waals surface area contributed by atoms with Crippen molar-refractivity contribution in [2.24, 2.45) is 7.05 Å². The first-order valence-electron chi connectivity index (χ1n) is 10.0. The number of nitrogens with zero attached hydrogens (tertiary/aromatic N) is 4. The number of halogens is 1. The van der Waals surface area contributed by atoms with Gasteiger partial charge in [-0.1, -0.05) is 64.4 Å². The van der Waals surface area contributed by atoms with Crippen molar-refractivity contribution < 1.29 is 0 Å². The molecule has 2 aromatic heterocycles. The second-order valence-electron chi connectivity index (χ2n) is 7.72. The Bertz CT molecular complexity index is 905. The molecule has 0 bridgehead atoms. The highest BCUT2D eigenvalue weighted by Gasteiger charge is 2.16. The molecule has 152 valence electrons. The van der Waals surface area contributed by atoms with Crippen LogP contribution >= 0.6 is 11.6 Å². The molecule has 5 heteroatoms. The van der Waals surface area contributed by atoms with Gasteiger partial charge in [-0.3, -0.25) is 4.57 Å². The molecule has 0 spiro atoms. The van der Waals surface area contributed by atoms with E-state index in [-0.39, 0.29) is 0 Å². The van der Waals surface area contributed by atoms with E-state index in [0.29, 0.717) is 11.8 Å². The van der Waals surface area contributed by atoms with E-state index in [4.69, 9.17) is 11.6 Å². The number of benzene rings is 1. The van der Waals surface area contributed by atoms with Gasteiger partial charge >= 0.3 is 0 Å². The molecule has 0 atom stereocenters. The molecule has 3 rings (SSSR count). The van der Waals surface area contributed by atoms with Gasteiger partial charge in [0.1, 0.15) is 16.8 Å². The van der Waals surface area contributed by atoms with Crippen LogP contribution in [0.2, 0.25) is 5.15 Å². The maximum atomic E-state index is 6.36. The van der Waals surface area contributed by atoms with Gasteiger partial charge in [0.05, 0.1) is 11.4 Å². The Morgan fingerprint density at radius 3 is 1.86 bits per heavy atom. The zero-order valence-corrected chi connectivity index (χ0v) is 19.2. The molecule has 0 aliphatic rings. The number of aryl methyl sites for hydroxylation is 2. The minimum Gasteiger partial charge on any atom is -0.335 e. The van der Waals surface area contributed by atoms with E-state index in [1.807, 2.05) is 41.8 Å². The van der Waals surface area contributed by atoms with Crippen LogP contribution in [0.4, 0.5) is 0 Å². The van der Waals surface area contributed by atoms with Crippen LogP contribution in [0, 0.1) is 13.8 Å². The lowest BCUT2D eigenvalue weighted by atomic mass is 10.1. The van der Waals surface area contributed by atoms with Crippen LogP contribution in [0.15, 0.2) is 30.3 Å². The average Bonchev–Trinajstić information content (AvgIpc) is 3.12. The molecule has 0 saturated carbocycles. The van der Waals surface area contributed by atoms with Crippen LogP contribution in [0.1, 0.15) is 75.2 Å². The molecule has 0 fully saturated rings. The van der Waals surface area contributed by atoms with Crippen molar-refractivity contribution in [2.45, 2.75) is 66.7 Å². The second kappa shape index (κ2) is 9.42. The van der Waals surface area contributed by atoms with E-state index in [9.17, 15) is 0 Å². The van der Waals surface area contributed by atoms with Crippen molar-refractivity contribution in [3.05, 3.63) is 64.2 Å². The zero-order valence-electron chi connectivity index (χ0n) is 18.4. The number of para-hydroxylation sites is 1. The van der Waals surface area contributed by atoms with E-state index < -0.39 is 0 Å². The average molecular weight is 401 g/mol. The molecule has 4 nitrogen and oxygen atoms in total. The Kier molecular flexibility index (Phi) is 7.48. The first kappa shape index (κ1) is 22.2. The Balaban J connectivity index is 0.000000209. The highest BCUT2D eigenvalue weighted by Crippen LogP contribution is 2.27. The number of rotatable bonds is 4. The van der Waals surface area contributed by atoms with Gasteiger partial charge in [0.15, 0.2) is 0 Å². The molecular formula is C23H33ClN4. The number of hydrogen-bond acceptors (Lipinski definition) is 2. The summed E-state index contributed by atoms with van der Waals surface area (Å²) in [4.78, 5) is 9.06. The van der Waals surface area contributed by atoms with Crippen molar-refractivity contribution in [1.29, 1.82) is 0 Å². The minimum absolute atomic E-state index is 0.344. The summed E-state index contributed by atoms with van der Waals surface area (Å²) in [6.45, 7) is 14.8. The lowest BCUT2D eigenvalue weighted by molar-refractivity contribution is 0.772. The fourth-order valence-electron chi connectivity index (χ4n) is 3.33. The smallest absolute Gasteiger partial charge is 0.136 e. The van der Waals surface area contributed by atoms with Gasteiger partial charge in [0.2, 0.25) is 0 Å². The molecule has 2 heterocycles. The summed E-state index contributed by atoms with van der Waals surface area (Å²) in [5, 5.41) is 0.721. The summed E-state index contributed by atoms with van der Waals surface area (Å²) >= 11 is 6.36. The van der Waals surface area contributed by atoms with E-state index in [2.05, 4.69) is 63.1 Å². The SMILES string of the molecule is CCc1c(C(C)C)nc(C)n1C.Cc1nc(C(C)C)c(Cl)n1-c1ccccc1. The molecule has 0 aliphatic heterocycles. The van der Waals surface area contributed by atoms with Crippen molar-refractivity contribution in [3.8, 4) is 5.69 Å². The van der Waals surface area contributed by atoms with Gasteiger partial charge < -0.3 is 4.57 Å². The fourth-order valence-corrected chi connectivity index (χ4v) is 3.81. The van der Waals surface area contributed by atoms with E-state index in [1.54, 1.807) is 0 Å². The quantitative estimate of drug-likeness (QED) is 0.509. The molecule has 0 saturated heterocycles. The van der Waals surface area contributed by atoms with Crippen molar-refractivity contribution >= 4 is 11.6 Å². The number of hydrogen-bond donors (Lipinski definition) is 0. The van der Waals surface area contributed by atoms with Crippen molar-refractivity contribution in [1.82, 2.24) is 19.1 Å². The molecule has 0 radical (unpaired) electrons. The molecule has 28 heavy (non-hydrogen) atoms. The first-order valence-corrected chi connectivity index (χ1v) is 10.4. The van der Waals surface area contributed by atoms with Crippen LogP contribution in [-0.2, 0) is 13.5 Å². The van der Waals surface area contributed by atoms with Crippen LogP contribution in [0.25, 0.3) is 5.69 Å². The third-order valence-corrected chi connectivity index (χ3v) is 5.29. The second-order valence-corrected chi connectivity index (χ2v) is 8.08. The zero-order chi connectivity index (χ0) is 21.0. The van der Waals surface area contributed by atoms with Gasteiger partial charge in [-0.25, -0.2) is 9.97 Å². The van der Waals surface area contributed by atoms with Crippen molar-refractivity contribution in [3.63, 3.8) is 0 Å². The predicted octanol–water partition coefficient (Wildman–Crippen LogP) is 6.37. The normalized spacial score (nSPS) is 11.1. The fraction of sp³-hybridized carbons (Fsp3) is 0.478. The molecule has 0 unspecified atom stereocenters. The van der Waals surface area contributed by atoms with Gasteiger partial charge in [-0.2, -0.15) is 0 Å². The van der Waals surface area contributed by atoms with Crippen LogP contribution in [0.5, 0.6) is 0 Å². The molecule has 3 aromatic rings. The van der Waals surface area contributed by atoms with Gasteiger partial charge in [0.25, 0.3) is 0 Å². The Morgan fingerprint density at radius 2 is 1.43 bits per heavy atom. The van der Waals surface area contributed by atoms with Gasteiger partial charge in [-0.05, 0) is 44.2 Å². The number of imidazole rings is 2. The molecule has 0 N–H and O–H groups in total. The predicted molar refractivity (Wildman–Crippen MR) is 119 cm³/mol. The third kappa shape index (κ3) is 4.67. The topological polar surface area (TPSA) is 35.6 Å². The van der Waals surface area contributed by atoms with Gasteiger partial charge in [0, 0.05) is 18.4 Å². The number of aromatic nitrogens is 4. The van der Waals surface area contributed by atoms with E-state index in [1.165, 1.54) is 11.4 Å². The maximum absolute atomic E-state index is 6.36. The monoisotopic (exact) mass is 400 g/mol. The minimum atomic E-state index is 0.344. The molecule has 1 aromatic carbocycles. The van der Waals surface area contributed by atoms with Crippen LogP contribution < -0.4 is 0 Å². The van der Waals surface area contributed by atoms with E-state index in [0.717, 1.165) is 34.6 Å². The lowest BCUT2D eigenvalue weighted by Gasteiger charge is -2.06. The van der Waals surface area contributed by atoms with Crippen LogP contribution in [0.3, 0.4) is 0 Å². The van der Waals surface area contributed by atoms with Gasteiger partial charge in [-0.15, -0.1) is 0 Å². The Morgan fingerprint density at radius 1 is 0.893 bits per heavy atom. The standard InChI is InChI=1S/C13H15ClN2.C10H18N2/c1-9(2)12-13(14)16(10(3)15-12)11-7-5-4-6-8-11;1-6-9-10(7(2)3)11-8(4)12(9)5/h4-9H,1-3H3;7H,6H2,1-5H3. The molecular weight excluding hydrogens is 368 g/mol. The maximum Gasteiger partial charge on any atom is 0.136 e. The Labute approximate surface area is 174 Å². The summed E-state index contributed by atoms with van der Waals surface area (Å²) in [6.07, 6.45) is 1.07. The summed E-state index contributed by atoms with van der Waals surface area (Å²) < 4.78 is 4.17. The first-order chi connectivity index (χ1) is 13.2. The third-order valence-electron chi connectivity index (χ3n) is 4.92. The van der Waals surface area contributed by atoms with Crippen LogP contribution in [-0.4, -0.2) is 19.1 Å². The van der Waals surface area contributed by atoms with Crippen molar-refractivity contribution in [2.75, 3.05) is 0 Å². The summed E-state index contributed by atoms with van der Waals surface area (Å²) in [5.74, 6) is 2.94. The summed E-state index contributed by atoms with van der Waals surface area (Å²) in [6, 6.07) is 10.1. The highest BCUT2D eigenvalue weighted by molar-refractivity contribution is 6.30. The highest BCUT2D eigenvalue weighted by atomic mass is 35.5. The summed E-state index contributed by atoms with van der Waals surface area (Å²) in [5.41, 5.74) is 4.66. The Hall–Kier alpha value is -2.07.